The SMILES string of the molecule is O=C(NCC(O)CN1CCCC1)c1ccc(-c2cnccn2)cc1. The Kier molecular flexibility index (Phi) is 5.51. The summed E-state index contributed by atoms with van der Waals surface area (Å²) in [4.78, 5) is 22.7. The Hall–Kier alpha value is -2.31. The third-order valence-electron chi connectivity index (χ3n) is 4.17. The Balaban J connectivity index is 1.51. The molecule has 0 aliphatic carbocycles. The second-order valence-corrected chi connectivity index (χ2v) is 6.04. The minimum absolute atomic E-state index is 0.179. The summed E-state index contributed by atoms with van der Waals surface area (Å²) < 4.78 is 0. The van der Waals surface area contributed by atoms with Gasteiger partial charge in [0.05, 0.1) is 18.0 Å². The molecular formula is C18H22N4O2. The van der Waals surface area contributed by atoms with E-state index in [0.29, 0.717) is 12.1 Å². The molecule has 1 aromatic carbocycles. The zero-order chi connectivity index (χ0) is 16.8. The monoisotopic (exact) mass is 326 g/mol. The summed E-state index contributed by atoms with van der Waals surface area (Å²) in [6.07, 6.45) is 6.79. The van der Waals surface area contributed by atoms with Crippen molar-refractivity contribution < 1.29 is 9.90 Å². The Morgan fingerprint density at radius 1 is 1.21 bits per heavy atom. The molecule has 1 fully saturated rings. The molecule has 2 aromatic rings. The standard InChI is InChI=1S/C18H22N4O2/c23-16(13-22-9-1-2-10-22)11-21-18(24)15-5-3-14(4-6-15)17-12-19-7-8-20-17/h3-8,12,16,23H,1-2,9-11,13H2,(H,21,24). The normalized spacial score (nSPS) is 16.0. The van der Waals surface area contributed by atoms with Crippen molar-refractivity contribution in [1.82, 2.24) is 20.2 Å². The van der Waals surface area contributed by atoms with Gasteiger partial charge in [-0.1, -0.05) is 12.1 Å². The van der Waals surface area contributed by atoms with Gasteiger partial charge in [0.1, 0.15) is 0 Å². The molecule has 1 unspecified atom stereocenters. The summed E-state index contributed by atoms with van der Waals surface area (Å²) in [5.41, 5.74) is 2.25. The Bertz CT molecular complexity index is 654. The number of aliphatic hydroxyl groups is 1. The predicted molar refractivity (Wildman–Crippen MR) is 91.5 cm³/mol. The first-order valence-corrected chi connectivity index (χ1v) is 8.27. The fourth-order valence-electron chi connectivity index (χ4n) is 2.88. The van der Waals surface area contributed by atoms with E-state index in [1.54, 1.807) is 30.7 Å². The van der Waals surface area contributed by atoms with Gasteiger partial charge < -0.3 is 15.3 Å². The number of aliphatic hydroxyl groups excluding tert-OH is 1. The third-order valence-corrected chi connectivity index (χ3v) is 4.17. The van der Waals surface area contributed by atoms with Crippen LogP contribution >= 0.6 is 0 Å². The lowest BCUT2D eigenvalue weighted by Gasteiger charge is -2.19. The summed E-state index contributed by atoms with van der Waals surface area (Å²) in [7, 11) is 0. The van der Waals surface area contributed by atoms with Crippen LogP contribution in [0.15, 0.2) is 42.9 Å². The van der Waals surface area contributed by atoms with Gasteiger partial charge in [0.2, 0.25) is 0 Å². The van der Waals surface area contributed by atoms with Gasteiger partial charge >= 0.3 is 0 Å². The van der Waals surface area contributed by atoms with E-state index in [0.717, 1.165) is 24.3 Å². The van der Waals surface area contributed by atoms with Gasteiger partial charge in [0, 0.05) is 36.6 Å². The lowest BCUT2D eigenvalue weighted by molar-refractivity contribution is 0.0879. The number of benzene rings is 1. The Morgan fingerprint density at radius 2 is 1.96 bits per heavy atom. The number of aromatic nitrogens is 2. The largest absolute Gasteiger partial charge is 0.390 e. The third kappa shape index (κ3) is 4.37. The molecule has 1 aliphatic heterocycles. The maximum absolute atomic E-state index is 12.2. The molecule has 3 rings (SSSR count). The van der Waals surface area contributed by atoms with E-state index in [1.807, 2.05) is 12.1 Å². The highest BCUT2D eigenvalue weighted by Crippen LogP contribution is 2.16. The highest BCUT2D eigenvalue weighted by atomic mass is 16.3. The second kappa shape index (κ2) is 7.99. The molecule has 24 heavy (non-hydrogen) atoms. The molecular weight excluding hydrogens is 304 g/mol. The van der Waals surface area contributed by atoms with E-state index in [-0.39, 0.29) is 12.5 Å². The molecule has 1 atom stereocenters. The summed E-state index contributed by atoms with van der Waals surface area (Å²) in [6.45, 7) is 2.96. The lowest BCUT2D eigenvalue weighted by Crippen LogP contribution is -2.39. The van der Waals surface area contributed by atoms with Crippen LogP contribution in [0.4, 0.5) is 0 Å². The molecule has 0 bridgehead atoms. The van der Waals surface area contributed by atoms with Crippen molar-refractivity contribution in [1.29, 1.82) is 0 Å². The van der Waals surface area contributed by atoms with Crippen LogP contribution in [-0.2, 0) is 0 Å². The van der Waals surface area contributed by atoms with E-state index >= 15 is 0 Å². The van der Waals surface area contributed by atoms with Gasteiger partial charge in [-0.3, -0.25) is 14.8 Å². The van der Waals surface area contributed by atoms with Crippen LogP contribution in [0.25, 0.3) is 11.3 Å². The van der Waals surface area contributed by atoms with Crippen molar-refractivity contribution >= 4 is 5.91 Å². The van der Waals surface area contributed by atoms with Crippen molar-refractivity contribution in [2.75, 3.05) is 26.2 Å². The molecule has 126 valence electrons. The van der Waals surface area contributed by atoms with Crippen LogP contribution in [-0.4, -0.2) is 58.2 Å². The number of likely N-dealkylation sites (tertiary alicyclic amines) is 1. The number of hydrogen-bond donors (Lipinski definition) is 2. The topological polar surface area (TPSA) is 78.4 Å². The number of β-amino-alcohol motifs (C(OH)–C–C–N with tert-alkyl or cyclic N) is 1. The fraction of sp³-hybridized carbons (Fsp3) is 0.389. The smallest absolute Gasteiger partial charge is 0.251 e. The number of carbonyl (C=O) groups excluding carboxylic acids is 1. The van der Waals surface area contributed by atoms with Crippen LogP contribution in [0.2, 0.25) is 0 Å². The van der Waals surface area contributed by atoms with Crippen LogP contribution in [0.3, 0.4) is 0 Å². The quantitative estimate of drug-likeness (QED) is 0.837. The highest BCUT2D eigenvalue weighted by molar-refractivity contribution is 5.94. The van der Waals surface area contributed by atoms with E-state index in [1.165, 1.54) is 12.8 Å². The molecule has 6 heteroatoms. The van der Waals surface area contributed by atoms with E-state index in [4.69, 9.17) is 0 Å². The van der Waals surface area contributed by atoms with Gasteiger partial charge in [0.25, 0.3) is 5.91 Å². The number of nitrogens with one attached hydrogen (secondary N) is 1. The minimum Gasteiger partial charge on any atom is -0.390 e. The van der Waals surface area contributed by atoms with E-state index in [9.17, 15) is 9.90 Å². The number of rotatable bonds is 6. The first-order valence-electron chi connectivity index (χ1n) is 8.27. The molecule has 1 amide bonds. The molecule has 1 aromatic heterocycles. The molecule has 0 spiro atoms. The van der Waals surface area contributed by atoms with Gasteiger partial charge in [0.15, 0.2) is 0 Å². The predicted octanol–water partition coefficient (Wildman–Crippen LogP) is 1.33. The number of hydrogen-bond acceptors (Lipinski definition) is 5. The van der Waals surface area contributed by atoms with Crippen LogP contribution in [0.1, 0.15) is 23.2 Å². The zero-order valence-corrected chi connectivity index (χ0v) is 13.6. The minimum atomic E-state index is -0.536. The van der Waals surface area contributed by atoms with Crippen molar-refractivity contribution in [3.63, 3.8) is 0 Å². The molecule has 1 saturated heterocycles. The molecule has 1 aliphatic rings. The van der Waals surface area contributed by atoms with E-state index in [2.05, 4.69) is 20.2 Å². The fourth-order valence-corrected chi connectivity index (χ4v) is 2.88. The van der Waals surface area contributed by atoms with Gasteiger partial charge in [-0.25, -0.2) is 0 Å². The average Bonchev–Trinajstić information content (AvgIpc) is 3.13. The summed E-state index contributed by atoms with van der Waals surface area (Å²) >= 11 is 0. The maximum atomic E-state index is 12.2. The van der Waals surface area contributed by atoms with Crippen molar-refractivity contribution in [2.45, 2.75) is 18.9 Å². The Labute approximate surface area is 141 Å². The van der Waals surface area contributed by atoms with Crippen LogP contribution < -0.4 is 5.32 Å². The van der Waals surface area contributed by atoms with Crippen molar-refractivity contribution in [3.05, 3.63) is 48.4 Å². The average molecular weight is 326 g/mol. The first kappa shape index (κ1) is 16.5. The van der Waals surface area contributed by atoms with Crippen LogP contribution in [0.5, 0.6) is 0 Å². The Morgan fingerprint density at radius 3 is 2.62 bits per heavy atom. The molecule has 0 radical (unpaired) electrons. The second-order valence-electron chi connectivity index (χ2n) is 6.04. The molecule has 2 heterocycles. The van der Waals surface area contributed by atoms with Crippen molar-refractivity contribution in [2.24, 2.45) is 0 Å². The van der Waals surface area contributed by atoms with Crippen LogP contribution in [0, 0.1) is 0 Å². The van der Waals surface area contributed by atoms with E-state index < -0.39 is 6.10 Å². The van der Waals surface area contributed by atoms with Gasteiger partial charge in [-0.05, 0) is 38.1 Å². The first-order chi connectivity index (χ1) is 11.7. The summed E-state index contributed by atoms with van der Waals surface area (Å²) in [5, 5.41) is 12.8. The molecule has 2 N–H and O–H groups in total. The van der Waals surface area contributed by atoms with Gasteiger partial charge in [-0.15, -0.1) is 0 Å². The summed E-state index contributed by atoms with van der Waals surface area (Å²) in [6, 6.07) is 7.21. The number of nitrogens with zero attached hydrogens (tertiary/aromatic N) is 3. The van der Waals surface area contributed by atoms with Gasteiger partial charge in [-0.2, -0.15) is 0 Å². The number of carbonyl (C=O) groups is 1. The summed E-state index contributed by atoms with van der Waals surface area (Å²) in [5.74, 6) is -0.179. The molecule has 6 nitrogen and oxygen atoms in total. The zero-order valence-electron chi connectivity index (χ0n) is 13.6. The lowest BCUT2D eigenvalue weighted by atomic mass is 10.1. The molecule has 0 saturated carbocycles. The maximum Gasteiger partial charge on any atom is 0.251 e. The van der Waals surface area contributed by atoms with Crippen molar-refractivity contribution in [3.8, 4) is 11.3 Å². The highest BCUT2D eigenvalue weighted by Gasteiger charge is 2.16. The number of amides is 1.